The van der Waals surface area contributed by atoms with Gasteiger partial charge >= 0.3 is 0 Å². The van der Waals surface area contributed by atoms with Gasteiger partial charge in [-0.25, -0.2) is 0 Å². The first kappa shape index (κ1) is 14.6. The van der Waals surface area contributed by atoms with E-state index in [9.17, 15) is 9.70 Å². The number of hydrogen-bond donors (Lipinski definition) is 0. The second-order valence-electron chi connectivity index (χ2n) is 5.41. The molecule has 3 heteroatoms. The van der Waals surface area contributed by atoms with Crippen LogP contribution in [0.15, 0.2) is 35.0 Å². The molecule has 0 heterocycles. The van der Waals surface area contributed by atoms with Crippen LogP contribution in [0.4, 0.5) is 0 Å². The quantitative estimate of drug-likeness (QED) is 0.696. The number of benzene rings is 1. The number of allylic oxidation sites excluding steroid dienone is 2. The van der Waals surface area contributed by atoms with E-state index in [0.29, 0.717) is 6.42 Å². The van der Waals surface area contributed by atoms with Gasteiger partial charge in [-0.3, -0.25) is 4.79 Å². The minimum atomic E-state index is -0.369. The number of rotatable bonds is 6. The first-order valence-corrected chi connectivity index (χ1v) is 7.35. The minimum Gasteiger partial charge on any atom is -0.294 e. The fraction of sp³-hybridized carbons (Fsp3) is 0.471. The monoisotopic (exact) mass is 271 g/mol. The molecule has 0 aliphatic heterocycles. The Kier molecular flexibility index (Phi) is 4.83. The molecule has 1 aromatic carbocycles. The van der Waals surface area contributed by atoms with E-state index in [1.807, 2.05) is 24.3 Å². The lowest BCUT2D eigenvalue weighted by molar-refractivity contribution is -0.113. The number of ketones is 1. The van der Waals surface area contributed by atoms with Gasteiger partial charge in [-0.15, -0.1) is 0 Å². The molecule has 0 radical (unpaired) electrons. The van der Waals surface area contributed by atoms with Crippen LogP contribution in [0.5, 0.6) is 0 Å². The van der Waals surface area contributed by atoms with Crippen molar-refractivity contribution >= 4 is 11.4 Å². The van der Waals surface area contributed by atoms with Crippen molar-refractivity contribution in [1.82, 2.24) is 0 Å². The summed E-state index contributed by atoms with van der Waals surface area (Å²) in [6, 6.07) is 7.33. The summed E-state index contributed by atoms with van der Waals surface area (Å²) in [6.07, 6.45) is 4.78. The molecule has 106 valence electrons. The van der Waals surface area contributed by atoms with Gasteiger partial charge in [0.1, 0.15) is 6.04 Å². The molecule has 0 aromatic heterocycles. The van der Waals surface area contributed by atoms with Crippen molar-refractivity contribution in [2.75, 3.05) is 0 Å². The molecular formula is C17H21NO2. The summed E-state index contributed by atoms with van der Waals surface area (Å²) in [7, 11) is 0. The normalized spacial score (nSPS) is 16.6. The van der Waals surface area contributed by atoms with Gasteiger partial charge in [0.25, 0.3) is 0 Å². The highest BCUT2D eigenvalue weighted by atomic mass is 16.3. The van der Waals surface area contributed by atoms with Crippen LogP contribution >= 0.6 is 0 Å². The predicted octanol–water partition coefficient (Wildman–Crippen LogP) is 4.82. The van der Waals surface area contributed by atoms with Gasteiger partial charge in [0.15, 0.2) is 5.78 Å². The van der Waals surface area contributed by atoms with Crippen LogP contribution in [0.2, 0.25) is 0 Å². The molecule has 0 spiro atoms. The van der Waals surface area contributed by atoms with E-state index in [1.54, 1.807) is 6.92 Å². The predicted molar refractivity (Wildman–Crippen MR) is 81.3 cm³/mol. The Morgan fingerprint density at radius 1 is 1.30 bits per heavy atom. The van der Waals surface area contributed by atoms with Gasteiger partial charge in [0.05, 0.1) is 0 Å². The van der Waals surface area contributed by atoms with Crippen LogP contribution in [0, 0.1) is 4.91 Å². The topological polar surface area (TPSA) is 46.5 Å². The molecule has 1 aromatic rings. The molecule has 0 amide bonds. The maximum absolute atomic E-state index is 12.2. The van der Waals surface area contributed by atoms with Crippen LogP contribution in [0.3, 0.4) is 0 Å². The molecule has 1 atom stereocenters. The molecule has 1 aliphatic carbocycles. The van der Waals surface area contributed by atoms with Gasteiger partial charge in [-0.2, -0.15) is 4.91 Å². The highest BCUT2D eigenvalue weighted by Gasteiger charge is 2.24. The van der Waals surface area contributed by atoms with E-state index in [4.69, 9.17) is 0 Å². The average molecular weight is 271 g/mol. The molecular weight excluding hydrogens is 250 g/mol. The molecule has 3 nitrogen and oxygen atoms in total. The Labute approximate surface area is 120 Å². The second-order valence-corrected chi connectivity index (χ2v) is 5.41. The van der Waals surface area contributed by atoms with E-state index in [2.05, 4.69) is 12.1 Å². The summed E-state index contributed by atoms with van der Waals surface area (Å²) < 4.78 is 0. The van der Waals surface area contributed by atoms with E-state index in [0.717, 1.165) is 42.4 Å². The molecule has 0 saturated heterocycles. The highest BCUT2D eigenvalue weighted by molar-refractivity contribution is 6.23. The van der Waals surface area contributed by atoms with Crippen molar-refractivity contribution in [3.63, 3.8) is 0 Å². The van der Waals surface area contributed by atoms with Crippen molar-refractivity contribution in [3.05, 3.63) is 45.9 Å². The number of carbonyl (C=O) groups is 1. The van der Waals surface area contributed by atoms with Gasteiger partial charge in [0.2, 0.25) is 0 Å². The van der Waals surface area contributed by atoms with Crippen LogP contribution in [-0.4, -0.2) is 5.78 Å². The maximum Gasteiger partial charge on any atom is 0.163 e. The molecule has 2 rings (SSSR count). The molecule has 1 aliphatic rings. The third-order valence-corrected chi connectivity index (χ3v) is 3.93. The van der Waals surface area contributed by atoms with Gasteiger partial charge in [-0.05, 0) is 43.4 Å². The Hall–Kier alpha value is -1.77. The fourth-order valence-electron chi connectivity index (χ4n) is 2.73. The third kappa shape index (κ3) is 3.03. The van der Waals surface area contributed by atoms with Gasteiger partial charge < -0.3 is 0 Å². The summed E-state index contributed by atoms with van der Waals surface area (Å²) in [5.41, 5.74) is 3.99. The first-order valence-electron chi connectivity index (χ1n) is 7.35. The molecule has 0 N–H and O–H groups in total. The summed E-state index contributed by atoms with van der Waals surface area (Å²) in [5.74, 6) is 0.236. The maximum atomic E-state index is 12.2. The van der Waals surface area contributed by atoms with Crippen LogP contribution in [0.25, 0.3) is 5.57 Å². The van der Waals surface area contributed by atoms with Crippen molar-refractivity contribution in [2.45, 2.75) is 52.0 Å². The van der Waals surface area contributed by atoms with Crippen LogP contribution < -0.4 is 0 Å². The van der Waals surface area contributed by atoms with Gasteiger partial charge in [0, 0.05) is 12.0 Å². The minimum absolute atomic E-state index is 0.236. The van der Waals surface area contributed by atoms with E-state index >= 15 is 0 Å². The van der Waals surface area contributed by atoms with Crippen LogP contribution in [-0.2, 0) is 4.79 Å². The van der Waals surface area contributed by atoms with Crippen molar-refractivity contribution in [3.8, 4) is 0 Å². The SMILES string of the molecule is CCCCC1=C(c2cccc(C(C)N=O)c2)C(=O)CC1. The Morgan fingerprint density at radius 2 is 2.10 bits per heavy atom. The van der Waals surface area contributed by atoms with Gasteiger partial charge in [-0.1, -0.05) is 42.3 Å². The molecule has 20 heavy (non-hydrogen) atoms. The smallest absolute Gasteiger partial charge is 0.163 e. The average Bonchev–Trinajstić information content (AvgIpc) is 2.85. The van der Waals surface area contributed by atoms with Crippen molar-refractivity contribution < 1.29 is 4.79 Å². The Balaban J connectivity index is 2.37. The van der Waals surface area contributed by atoms with Crippen molar-refractivity contribution in [1.29, 1.82) is 0 Å². The van der Waals surface area contributed by atoms with Crippen LogP contribution in [0.1, 0.15) is 63.1 Å². The summed E-state index contributed by atoms with van der Waals surface area (Å²) >= 11 is 0. The molecule has 0 fully saturated rings. The zero-order valence-corrected chi connectivity index (χ0v) is 12.2. The molecule has 0 saturated carbocycles. The largest absolute Gasteiger partial charge is 0.294 e. The number of nitroso groups, excluding NO2 is 1. The number of carbonyl (C=O) groups excluding carboxylic acids is 1. The Morgan fingerprint density at radius 3 is 2.80 bits per heavy atom. The van der Waals surface area contributed by atoms with Crippen molar-refractivity contribution in [2.24, 2.45) is 5.18 Å². The van der Waals surface area contributed by atoms with E-state index < -0.39 is 0 Å². The lowest BCUT2D eigenvalue weighted by atomic mass is 9.95. The zero-order chi connectivity index (χ0) is 14.5. The lowest BCUT2D eigenvalue weighted by Crippen LogP contribution is -1.98. The first-order chi connectivity index (χ1) is 9.67. The number of Topliss-reactive ketones (excluding diaryl/α,β-unsaturated/α-hetero) is 1. The summed E-state index contributed by atoms with van der Waals surface area (Å²) in [4.78, 5) is 22.8. The lowest BCUT2D eigenvalue weighted by Gasteiger charge is -2.09. The number of unbranched alkanes of at least 4 members (excludes halogenated alkanes) is 1. The molecule has 0 bridgehead atoms. The fourth-order valence-corrected chi connectivity index (χ4v) is 2.73. The molecule has 1 unspecified atom stereocenters. The standard InChI is InChI=1S/C17H21NO2/c1-3-4-6-13-9-10-16(19)17(13)15-8-5-7-14(11-15)12(2)18-20/h5,7-8,11-12H,3-4,6,9-10H2,1-2H3. The summed E-state index contributed by atoms with van der Waals surface area (Å²) in [6.45, 7) is 3.93. The highest BCUT2D eigenvalue weighted by Crippen LogP contribution is 2.35. The van der Waals surface area contributed by atoms with E-state index in [-0.39, 0.29) is 11.8 Å². The number of nitrogens with zero attached hydrogens (tertiary/aromatic N) is 1. The third-order valence-electron chi connectivity index (χ3n) is 3.93. The van der Waals surface area contributed by atoms with E-state index in [1.165, 1.54) is 5.57 Å². The Bertz CT molecular complexity index is 546. The second kappa shape index (κ2) is 6.60. The zero-order valence-electron chi connectivity index (χ0n) is 12.2. The summed E-state index contributed by atoms with van der Waals surface area (Å²) in [5, 5.41) is 3.06. The number of hydrogen-bond acceptors (Lipinski definition) is 3.